The third-order valence-corrected chi connectivity index (χ3v) is 10.4. The number of fused-ring (bicyclic) bond motifs is 1. The summed E-state index contributed by atoms with van der Waals surface area (Å²) in [4.78, 5) is 17.7. The summed E-state index contributed by atoms with van der Waals surface area (Å²) < 4.78 is 81.7. The van der Waals surface area contributed by atoms with Crippen LogP contribution in [-0.2, 0) is 37.5 Å². The van der Waals surface area contributed by atoms with Crippen molar-refractivity contribution in [2.24, 2.45) is 17.3 Å². The molecule has 0 fully saturated rings. The smallest absolute Gasteiger partial charge is 0.418 e. The van der Waals surface area contributed by atoms with E-state index in [-0.39, 0.29) is 55.5 Å². The van der Waals surface area contributed by atoms with Gasteiger partial charge >= 0.3 is 12.4 Å². The molecule has 1 N–H and O–H groups in total. The van der Waals surface area contributed by atoms with Gasteiger partial charge in [0.15, 0.2) is 5.78 Å². The van der Waals surface area contributed by atoms with Crippen molar-refractivity contribution in [2.45, 2.75) is 86.0 Å². The van der Waals surface area contributed by atoms with E-state index in [9.17, 15) is 36.2 Å². The van der Waals surface area contributed by atoms with E-state index in [4.69, 9.17) is 0 Å². The number of halogens is 6. The number of carbonyl (C=O) groups is 1. The molecule has 2 heterocycles. The third-order valence-electron chi connectivity index (χ3n) is 10.4. The molecule has 1 aromatic heterocycles. The summed E-state index contributed by atoms with van der Waals surface area (Å²) in [5.41, 5.74) is 1.68. The third kappa shape index (κ3) is 11.1. The Bertz CT molecular complexity index is 1920. The maximum Gasteiger partial charge on any atom is 0.418 e. The topological polar surface area (TPSA) is 67.5 Å². The number of hydrogen-bond acceptors (Lipinski definition) is 4. The molecule has 0 spiro atoms. The summed E-state index contributed by atoms with van der Waals surface area (Å²) in [6.45, 7) is 9.84. The second-order valence-corrected chi connectivity index (χ2v) is 14.6. The number of alkyl halides is 6. The number of aliphatic hydroxyl groups is 1. The molecule has 1 aliphatic heterocycles. The van der Waals surface area contributed by atoms with Gasteiger partial charge in [-0.2, -0.15) is 26.3 Å². The van der Waals surface area contributed by atoms with E-state index < -0.39 is 30.3 Å². The van der Waals surface area contributed by atoms with Crippen LogP contribution < -0.4 is 10.4 Å². The number of benzene rings is 3. The van der Waals surface area contributed by atoms with E-state index in [0.717, 1.165) is 68.2 Å². The van der Waals surface area contributed by atoms with Gasteiger partial charge in [-0.15, -0.1) is 5.69 Å². The van der Waals surface area contributed by atoms with Crippen LogP contribution in [0.15, 0.2) is 96.9 Å². The molecule has 0 saturated heterocycles. The molecule has 1 aliphatic rings. The molecular weight excluding hydrogens is 908 g/mol. The zero-order chi connectivity index (χ0) is 40.7. The zero-order valence-corrected chi connectivity index (χ0v) is 35.1. The second-order valence-electron chi connectivity index (χ2n) is 14.6. The first-order valence-electron chi connectivity index (χ1n) is 18.7. The van der Waals surface area contributed by atoms with Crippen molar-refractivity contribution in [3.8, 4) is 22.3 Å². The number of ketones is 1. The van der Waals surface area contributed by atoms with Crippen molar-refractivity contribution in [3.05, 3.63) is 113 Å². The van der Waals surface area contributed by atoms with Crippen LogP contribution in [-0.4, -0.2) is 36.1 Å². The summed E-state index contributed by atoms with van der Waals surface area (Å²) in [6, 6.07) is 22.2. The van der Waals surface area contributed by atoms with Gasteiger partial charge in [-0.1, -0.05) is 108 Å². The Morgan fingerprint density at radius 2 is 1.34 bits per heavy atom. The standard InChI is InChI=1S/C30H25BF6N3.C13H24O2.Ir/c1-28(2,30(35,36)37)17-19-8-10-20(11-9-19)21-12-14-22(15-13-21)23-16-27(38-18-24(23)29(32,33)34)31-39-25-6-4-5-7-26(25)40(31)3;1-5-10(6-2)12(14)9-13(15)11(7-3)8-4;/h4-16,18H,17H2,1-3H3;9-11,14H,5-8H2,1-4H3;/q-1;;/b;12-9-;. The Kier molecular flexibility index (Phi) is 16.0. The average molecular weight is 957 g/mol. The SMILES string of the molecule is CCC(CC)C(=O)/C=C(\O)C(CC)CC.CN1B(c2cc(-c3ccc(-c4ccc(CC(C)(C)C(F)(F)F)cc4)cc3)c(C(F)(F)F)cn2)[N-]c2ccccc21.[Ir]. The fourth-order valence-corrected chi connectivity index (χ4v) is 6.61. The van der Waals surface area contributed by atoms with Crippen molar-refractivity contribution < 1.29 is 56.3 Å². The van der Waals surface area contributed by atoms with E-state index in [1.165, 1.54) is 12.1 Å². The first kappa shape index (κ1) is 46.3. The van der Waals surface area contributed by atoms with Crippen LogP contribution in [0.1, 0.15) is 78.4 Å². The first-order chi connectivity index (χ1) is 25.8. The fourth-order valence-electron chi connectivity index (χ4n) is 6.61. The van der Waals surface area contributed by atoms with Crippen molar-refractivity contribution in [1.82, 2.24) is 4.98 Å². The molecule has 1 radical (unpaired) electrons. The quantitative estimate of drug-likeness (QED) is 0.0665. The number of aliphatic hydroxyl groups excluding tert-OH is 1. The van der Waals surface area contributed by atoms with E-state index in [1.54, 1.807) is 48.5 Å². The van der Waals surface area contributed by atoms with Crippen LogP contribution in [0.25, 0.3) is 27.5 Å². The molecule has 13 heteroatoms. The van der Waals surface area contributed by atoms with Crippen molar-refractivity contribution >= 4 is 29.7 Å². The molecule has 0 unspecified atom stereocenters. The number of aromatic nitrogens is 1. The summed E-state index contributed by atoms with van der Waals surface area (Å²) in [5.74, 6) is 0.547. The van der Waals surface area contributed by atoms with Gasteiger partial charge in [-0.3, -0.25) is 9.78 Å². The number of para-hydroxylation sites is 1. The monoisotopic (exact) mass is 957 g/mol. The predicted octanol–water partition coefficient (Wildman–Crippen LogP) is 12.3. The van der Waals surface area contributed by atoms with Crippen LogP contribution in [0, 0.1) is 17.3 Å². The first-order valence-corrected chi connectivity index (χ1v) is 18.7. The average Bonchev–Trinajstić information content (AvgIpc) is 3.48. The summed E-state index contributed by atoms with van der Waals surface area (Å²) in [5, 5.41) is 14.4. The molecule has 0 bridgehead atoms. The maximum atomic E-state index is 14.0. The number of nitrogens with zero attached hydrogens (tertiary/aromatic N) is 3. The summed E-state index contributed by atoms with van der Waals surface area (Å²) in [7, 11) is 1.82. The largest absolute Gasteiger partial charge is 0.682 e. The Labute approximate surface area is 340 Å². The van der Waals surface area contributed by atoms with E-state index in [1.807, 2.05) is 63.8 Å². The summed E-state index contributed by atoms with van der Waals surface area (Å²) >= 11 is 0. The van der Waals surface area contributed by atoms with E-state index in [2.05, 4.69) is 10.2 Å². The molecule has 3 aromatic carbocycles. The number of hydrogen-bond donors (Lipinski definition) is 1. The van der Waals surface area contributed by atoms with Gasteiger partial charge in [0.1, 0.15) is 0 Å². The molecule has 303 valence electrons. The van der Waals surface area contributed by atoms with E-state index >= 15 is 0 Å². The Morgan fingerprint density at radius 1 is 0.821 bits per heavy atom. The van der Waals surface area contributed by atoms with Gasteiger partial charge in [-0.05, 0) is 79.1 Å². The Balaban J connectivity index is 0.000000448. The van der Waals surface area contributed by atoms with Crippen LogP contribution >= 0.6 is 0 Å². The van der Waals surface area contributed by atoms with Crippen LogP contribution in [0.4, 0.5) is 37.7 Å². The molecule has 5 rings (SSSR count). The van der Waals surface area contributed by atoms with Gasteiger partial charge < -0.3 is 15.1 Å². The number of rotatable bonds is 12. The maximum absolute atomic E-state index is 14.0. The minimum absolute atomic E-state index is 0. The molecule has 4 aromatic rings. The molecule has 0 saturated carbocycles. The Hall–Kier alpha value is -4.09. The molecule has 5 nitrogen and oxygen atoms in total. The number of carbonyl (C=O) groups excluding carboxylic acids is 1. The predicted molar refractivity (Wildman–Crippen MR) is 211 cm³/mol. The minimum atomic E-state index is -4.61. The number of pyridine rings is 1. The van der Waals surface area contributed by atoms with Crippen LogP contribution in [0.5, 0.6) is 0 Å². The van der Waals surface area contributed by atoms with E-state index in [0.29, 0.717) is 16.7 Å². The molecule has 56 heavy (non-hydrogen) atoms. The van der Waals surface area contributed by atoms with Crippen molar-refractivity contribution in [1.29, 1.82) is 0 Å². The number of allylic oxidation sites excluding steroid dienone is 2. The van der Waals surface area contributed by atoms with Crippen LogP contribution in [0.2, 0.25) is 0 Å². The molecule has 0 atom stereocenters. The second kappa shape index (κ2) is 19.4. The van der Waals surface area contributed by atoms with Gasteiger partial charge in [0.25, 0.3) is 0 Å². The minimum Gasteiger partial charge on any atom is -0.682 e. The Morgan fingerprint density at radius 3 is 1.84 bits per heavy atom. The molecule has 0 aliphatic carbocycles. The van der Waals surface area contributed by atoms with Gasteiger partial charge in [0.2, 0.25) is 6.98 Å². The van der Waals surface area contributed by atoms with Gasteiger partial charge in [0, 0.05) is 55.5 Å². The van der Waals surface area contributed by atoms with Crippen molar-refractivity contribution in [3.63, 3.8) is 0 Å². The summed E-state index contributed by atoms with van der Waals surface area (Å²) in [6.07, 6.45) is -3.33. The van der Waals surface area contributed by atoms with Gasteiger partial charge in [0.05, 0.1) is 16.7 Å². The zero-order valence-electron chi connectivity index (χ0n) is 32.7. The van der Waals surface area contributed by atoms with Crippen molar-refractivity contribution in [2.75, 3.05) is 11.9 Å². The van der Waals surface area contributed by atoms with Gasteiger partial charge in [-0.25, -0.2) is 0 Å². The molecule has 0 amide bonds. The normalized spacial score (nSPS) is 13.2. The van der Waals surface area contributed by atoms with Crippen LogP contribution in [0.3, 0.4) is 0 Å². The number of anilines is 1. The molecular formula is C43H49BF6IrN3O2-. The fraction of sp³-hybridized carbons (Fsp3) is 0.395.